The first-order valence-corrected chi connectivity index (χ1v) is 11.1. The van der Waals surface area contributed by atoms with Crippen molar-refractivity contribution in [3.63, 3.8) is 0 Å². The molecule has 1 aliphatic heterocycles. The first-order valence-electron chi connectivity index (χ1n) is 11.1. The van der Waals surface area contributed by atoms with Crippen LogP contribution in [0.4, 0.5) is 31.8 Å². The standard InChI is InChI=1S/C25H20F2N8O/c1-13-7-8-30-25(33-13)36-18-6-5-14(11-15(18)26)19-20-22(29)31-12-32-23(20)35-10-9-34(24(19)35)17-4-2-3-16(28)21(17)27/h2-8,11-12H,9-10,28H2,1H3,(H2,29,31,32). The van der Waals surface area contributed by atoms with E-state index in [-0.39, 0.29) is 23.3 Å². The minimum atomic E-state index is -0.624. The number of aryl methyl sites for hydroxylation is 1. The number of ether oxygens (including phenoxy) is 1. The van der Waals surface area contributed by atoms with E-state index in [9.17, 15) is 0 Å². The van der Waals surface area contributed by atoms with Crippen molar-refractivity contribution in [3.8, 4) is 22.9 Å². The fourth-order valence-electron chi connectivity index (χ4n) is 4.55. The summed E-state index contributed by atoms with van der Waals surface area (Å²) < 4.78 is 37.8. The van der Waals surface area contributed by atoms with Gasteiger partial charge >= 0.3 is 6.01 Å². The van der Waals surface area contributed by atoms with Gasteiger partial charge in [0, 0.05) is 30.5 Å². The fourth-order valence-corrected chi connectivity index (χ4v) is 4.55. The van der Waals surface area contributed by atoms with Gasteiger partial charge in [-0.05, 0) is 42.8 Å². The molecule has 36 heavy (non-hydrogen) atoms. The molecule has 1 aliphatic rings. The number of fused-ring (bicyclic) bond motifs is 3. The van der Waals surface area contributed by atoms with Crippen LogP contribution in [-0.2, 0) is 6.54 Å². The number of hydrogen-bond acceptors (Lipinski definition) is 8. The highest BCUT2D eigenvalue weighted by Crippen LogP contribution is 2.47. The Balaban J connectivity index is 1.52. The molecule has 0 fully saturated rings. The van der Waals surface area contributed by atoms with Gasteiger partial charge in [-0.2, -0.15) is 0 Å². The van der Waals surface area contributed by atoms with Gasteiger partial charge in [-0.1, -0.05) is 12.1 Å². The van der Waals surface area contributed by atoms with Crippen molar-refractivity contribution in [3.05, 3.63) is 72.3 Å². The van der Waals surface area contributed by atoms with E-state index in [1.54, 1.807) is 36.1 Å². The summed E-state index contributed by atoms with van der Waals surface area (Å²) in [5.74, 6) is -0.335. The first kappa shape index (κ1) is 21.7. The molecule has 3 aromatic heterocycles. The molecule has 0 saturated heterocycles. The maximum atomic E-state index is 15.3. The van der Waals surface area contributed by atoms with Crippen LogP contribution in [0.1, 0.15) is 5.69 Å². The van der Waals surface area contributed by atoms with Crippen LogP contribution in [0, 0.1) is 18.6 Å². The van der Waals surface area contributed by atoms with Crippen molar-refractivity contribution < 1.29 is 13.5 Å². The number of nitrogens with two attached hydrogens (primary N) is 2. The zero-order chi connectivity index (χ0) is 25.0. The van der Waals surface area contributed by atoms with Gasteiger partial charge in [-0.25, -0.2) is 28.7 Å². The highest BCUT2D eigenvalue weighted by Gasteiger charge is 2.32. The molecule has 6 rings (SSSR count). The number of nitrogen functional groups attached to an aromatic ring is 2. The largest absolute Gasteiger partial charge is 0.421 e. The predicted molar refractivity (Wildman–Crippen MR) is 132 cm³/mol. The van der Waals surface area contributed by atoms with E-state index in [2.05, 4.69) is 19.9 Å². The van der Waals surface area contributed by atoms with E-state index >= 15 is 8.78 Å². The van der Waals surface area contributed by atoms with E-state index < -0.39 is 11.6 Å². The number of nitrogens with zero attached hydrogens (tertiary/aromatic N) is 6. The van der Waals surface area contributed by atoms with Gasteiger partial charge in [0.05, 0.1) is 16.8 Å². The Bertz CT molecular complexity index is 1650. The quantitative estimate of drug-likeness (QED) is 0.354. The van der Waals surface area contributed by atoms with E-state index in [4.69, 9.17) is 16.2 Å². The van der Waals surface area contributed by atoms with E-state index in [0.29, 0.717) is 52.4 Å². The van der Waals surface area contributed by atoms with Crippen molar-refractivity contribution in [2.75, 3.05) is 22.9 Å². The Kier molecular flexibility index (Phi) is 4.92. The summed E-state index contributed by atoms with van der Waals surface area (Å²) >= 11 is 0. The van der Waals surface area contributed by atoms with Crippen LogP contribution >= 0.6 is 0 Å². The van der Waals surface area contributed by atoms with Crippen molar-refractivity contribution >= 4 is 34.0 Å². The van der Waals surface area contributed by atoms with Crippen molar-refractivity contribution in [2.24, 2.45) is 0 Å². The summed E-state index contributed by atoms with van der Waals surface area (Å²) in [6.07, 6.45) is 2.91. The number of halogens is 2. The normalized spacial score (nSPS) is 12.8. The third-order valence-electron chi connectivity index (χ3n) is 6.14. The number of rotatable bonds is 4. The average Bonchev–Trinajstić information content (AvgIpc) is 3.42. The molecule has 0 amide bonds. The Labute approximate surface area is 204 Å². The Morgan fingerprint density at radius 3 is 2.67 bits per heavy atom. The second kappa shape index (κ2) is 8.15. The van der Waals surface area contributed by atoms with Crippen LogP contribution in [-0.4, -0.2) is 31.0 Å². The van der Waals surface area contributed by atoms with Crippen molar-refractivity contribution in [2.45, 2.75) is 13.5 Å². The van der Waals surface area contributed by atoms with Crippen molar-refractivity contribution in [1.29, 1.82) is 0 Å². The van der Waals surface area contributed by atoms with Crippen LogP contribution in [0.25, 0.3) is 22.2 Å². The van der Waals surface area contributed by atoms with Gasteiger partial charge in [-0.3, -0.25) is 0 Å². The summed E-state index contributed by atoms with van der Waals surface area (Å²) in [7, 11) is 0. The lowest BCUT2D eigenvalue weighted by molar-refractivity contribution is 0.410. The van der Waals surface area contributed by atoms with Crippen LogP contribution in [0.15, 0.2) is 55.0 Å². The van der Waals surface area contributed by atoms with E-state index in [1.165, 1.54) is 30.7 Å². The summed E-state index contributed by atoms with van der Waals surface area (Å²) in [6, 6.07) is 11.1. The third kappa shape index (κ3) is 3.35. The van der Waals surface area contributed by atoms with Crippen LogP contribution in [0.3, 0.4) is 0 Å². The molecule has 180 valence electrons. The molecule has 0 radical (unpaired) electrons. The molecular weight excluding hydrogens is 466 g/mol. The van der Waals surface area contributed by atoms with E-state index in [0.717, 1.165) is 0 Å². The summed E-state index contributed by atoms with van der Waals surface area (Å²) in [5, 5.41) is 0.552. The maximum absolute atomic E-state index is 15.3. The number of hydrogen-bond donors (Lipinski definition) is 2. The fraction of sp³-hybridized carbons (Fsp3) is 0.120. The first-order chi connectivity index (χ1) is 17.4. The number of benzene rings is 2. The highest BCUT2D eigenvalue weighted by molar-refractivity contribution is 6.08. The van der Waals surface area contributed by atoms with Gasteiger partial charge in [0.15, 0.2) is 17.4 Å². The molecule has 0 bridgehead atoms. The van der Waals surface area contributed by atoms with Crippen LogP contribution < -0.4 is 21.1 Å². The molecular formula is C25H20F2N8O. The maximum Gasteiger partial charge on any atom is 0.322 e. The van der Waals surface area contributed by atoms with Crippen LogP contribution in [0.5, 0.6) is 11.8 Å². The molecule has 0 atom stereocenters. The number of anilines is 4. The second-order valence-corrected chi connectivity index (χ2v) is 8.37. The summed E-state index contributed by atoms with van der Waals surface area (Å²) in [6.45, 7) is 2.77. The molecule has 2 aromatic carbocycles. The summed E-state index contributed by atoms with van der Waals surface area (Å²) in [4.78, 5) is 18.5. The Morgan fingerprint density at radius 2 is 1.86 bits per heavy atom. The number of aromatic nitrogens is 5. The minimum Gasteiger partial charge on any atom is -0.421 e. The summed E-state index contributed by atoms with van der Waals surface area (Å²) in [5.41, 5.74) is 14.8. The van der Waals surface area contributed by atoms with E-state index in [1.807, 2.05) is 4.57 Å². The lowest BCUT2D eigenvalue weighted by Gasteiger charge is -2.21. The molecule has 11 heteroatoms. The molecule has 4 N–H and O–H groups in total. The van der Waals surface area contributed by atoms with Crippen LogP contribution in [0.2, 0.25) is 0 Å². The van der Waals surface area contributed by atoms with Gasteiger partial charge in [0.1, 0.15) is 23.6 Å². The predicted octanol–water partition coefficient (Wildman–Crippen LogP) is 4.58. The van der Waals surface area contributed by atoms with Crippen molar-refractivity contribution in [1.82, 2.24) is 24.5 Å². The van der Waals surface area contributed by atoms with Gasteiger partial charge < -0.3 is 25.7 Å². The molecule has 9 nitrogen and oxygen atoms in total. The van der Waals surface area contributed by atoms with Gasteiger partial charge in [0.25, 0.3) is 0 Å². The molecule has 0 unspecified atom stereocenters. The average molecular weight is 486 g/mol. The van der Waals surface area contributed by atoms with Gasteiger partial charge in [0.2, 0.25) is 0 Å². The molecule has 0 aliphatic carbocycles. The molecule has 0 saturated carbocycles. The Morgan fingerprint density at radius 1 is 1.00 bits per heavy atom. The lowest BCUT2D eigenvalue weighted by Crippen LogP contribution is -2.16. The third-order valence-corrected chi connectivity index (χ3v) is 6.14. The molecule has 0 spiro atoms. The molecule has 4 heterocycles. The zero-order valence-corrected chi connectivity index (χ0v) is 19.1. The highest BCUT2D eigenvalue weighted by atomic mass is 19.1. The zero-order valence-electron chi connectivity index (χ0n) is 19.1. The minimum absolute atomic E-state index is 0.0348. The topological polar surface area (TPSA) is 121 Å². The van der Waals surface area contributed by atoms with Gasteiger partial charge in [-0.15, -0.1) is 0 Å². The molecule has 5 aromatic rings. The Hall–Kier alpha value is -4.80. The lowest BCUT2D eigenvalue weighted by atomic mass is 10.0. The smallest absolute Gasteiger partial charge is 0.322 e. The monoisotopic (exact) mass is 486 g/mol. The SMILES string of the molecule is Cc1ccnc(Oc2ccc(-c3c4n(c5ncnc(N)c35)CCN4c3cccc(N)c3F)cc2F)n1. The second-order valence-electron chi connectivity index (χ2n) is 8.37.